The monoisotopic (exact) mass is 394 g/mol. The van der Waals surface area contributed by atoms with Crippen molar-refractivity contribution in [2.45, 2.75) is 44.6 Å². The fourth-order valence-electron chi connectivity index (χ4n) is 4.71. The van der Waals surface area contributed by atoms with E-state index in [0.29, 0.717) is 17.8 Å². The first-order valence-corrected chi connectivity index (χ1v) is 10.7. The first kappa shape index (κ1) is 19.7. The molecule has 2 aliphatic rings. The van der Waals surface area contributed by atoms with Crippen LogP contribution < -0.4 is 9.64 Å². The molecule has 0 aliphatic carbocycles. The molecule has 2 aromatic rings. The molecule has 1 atom stereocenters. The van der Waals surface area contributed by atoms with Crippen LogP contribution in [0.25, 0.3) is 0 Å². The van der Waals surface area contributed by atoms with E-state index in [0.717, 1.165) is 56.8 Å². The van der Waals surface area contributed by atoms with Crippen LogP contribution in [-0.2, 0) is 0 Å². The van der Waals surface area contributed by atoms with Crippen LogP contribution in [0.2, 0.25) is 0 Å². The summed E-state index contributed by atoms with van der Waals surface area (Å²) in [7, 11) is 1.63. The lowest BCUT2D eigenvalue weighted by atomic mass is 9.86. The molecule has 154 valence electrons. The zero-order valence-corrected chi connectivity index (χ0v) is 17.2. The smallest absolute Gasteiger partial charge is 0.254 e. The maximum absolute atomic E-state index is 13.2. The lowest BCUT2D eigenvalue weighted by molar-refractivity contribution is 0.0588. The number of likely N-dealkylation sites (tertiary alicyclic amines) is 1. The van der Waals surface area contributed by atoms with Crippen LogP contribution in [0.3, 0.4) is 0 Å². The number of ether oxygens (including phenoxy) is 1. The van der Waals surface area contributed by atoms with Crippen molar-refractivity contribution in [3.63, 3.8) is 0 Å². The first-order chi connectivity index (χ1) is 14.3. The van der Waals surface area contributed by atoms with Gasteiger partial charge in [-0.2, -0.15) is 4.98 Å². The molecular weight excluding hydrogens is 364 g/mol. The topological polar surface area (TPSA) is 58.6 Å². The largest absolute Gasteiger partial charge is 0.481 e. The van der Waals surface area contributed by atoms with Crippen molar-refractivity contribution in [3.05, 3.63) is 48.2 Å². The van der Waals surface area contributed by atoms with E-state index < -0.39 is 0 Å². The Balaban J connectivity index is 1.45. The van der Waals surface area contributed by atoms with Gasteiger partial charge in [0.15, 0.2) is 0 Å². The Hall–Kier alpha value is -2.63. The van der Waals surface area contributed by atoms with Gasteiger partial charge in [-0.1, -0.05) is 31.0 Å². The number of nitrogens with zero attached hydrogens (tertiary/aromatic N) is 4. The third kappa shape index (κ3) is 4.52. The fourth-order valence-corrected chi connectivity index (χ4v) is 4.71. The lowest BCUT2D eigenvalue weighted by Crippen LogP contribution is -2.48. The molecule has 3 heterocycles. The van der Waals surface area contributed by atoms with Gasteiger partial charge in [-0.05, 0) is 43.7 Å². The Labute approximate surface area is 172 Å². The summed E-state index contributed by atoms with van der Waals surface area (Å²) < 4.78 is 5.24. The number of carbonyl (C=O) groups is 1. The molecule has 6 nitrogen and oxygen atoms in total. The van der Waals surface area contributed by atoms with Crippen molar-refractivity contribution in [1.82, 2.24) is 14.9 Å². The van der Waals surface area contributed by atoms with Crippen molar-refractivity contribution in [3.8, 4) is 5.88 Å². The summed E-state index contributed by atoms with van der Waals surface area (Å²) in [6.07, 6.45) is 8.50. The Morgan fingerprint density at radius 3 is 2.55 bits per heavy atom. The molecule has 1 aromatic heterocycles. The minimum Gasteiger partial charge on any atom is -0.481 e. The molecule has 1 amide bonds. The third-order valence-electron chi connectivity index (χ3n) is 6.27. The molecule has 6 heteroatoms. The van der Waals surface area contributed by atoms with Crippen LogP contribution in [0.1, 0.15) is 48.9 Å². The first-order valence-electron chi connectivity index (χ1n) is 10.7. The van der Waals surface area contributed by atoms with Gasteiger partial charge in [-0.15, -0.1) is 0 Å². The summed E-state index contributed by atoms with van der Waals surface area (Å²) in [6.45, 7) is 2.71. The number of hydrogen-bond acceptors (Lipinski definition) is 5. The van der Waals surface area contributed by atoms with Crippen molar-refractivity contribution >= 4 is 11.9 Å². The predicted molar refractivity (Wildman–Crippen MR) is 113 cm³/mol. The number of piperidine rings is 1. The molecule has 2 saturated heterocycles. The predicted octanol–water partition coefficient (Wildman–Crippen LogP) is 3.79. The summed E-state index contributed by atoms with van der Waals surface area (Å²) in [4.78, 5) is 26.5. The maximum Gasteiger partial charge on any atom is 0.254 e. The Morgan fingerprint density at radius 2 is 1.79 bits per heavy atom. The highest BCUT2D eigenvalue weighted by atomic mass is 16.5. The van der Waals surface area contributed by atoms with Crippen LogP contribution in [0.15, 0.2) is 42.6 Å². The second-order valence-electron chi connectivity index (χ2n) is 8.00. The van der Waals surface area contributed by atoms with E-state index in [2.05, 4.69) is 19.8 Å². The van der Waals surface area contributed by atoms with Gasteiger partial charge in [0.05, 0.1) is 7.11 Å². The number of hydrogen-bond donors (Lipinski definition) is 0. The van der Waals surface area contributed by atoms with E-state index in [9.17, 15) is 4.79 Å². The SMILES string of the molecule is COc1ccnc(N2CCC([C@H]3CCCCCN3C(=O)c3ccccc3)CC2)n1. The zero-order chi connectivity index (χ0) is 20.1. The van der Waals surface area contributed by atoms with Crippen molar-refractivity contribution in [1.29, 1.82) is 0 Å². The Kier molecular flexibility index (Phi) is 6.27. The lowest BCUT2D eigenvalue weighted by Gasteiger charge is -2.40. The molecule has 2 aliphatic heterocycles. The molecule has 1 aromatic carbocycles. The van der Waals surface area contributed by atoms with Crippen LogP contribution in [0.5, 0.6) is 5.88 Å². The van der Waals surface area contributed by atoms with Crippen molar-refractivity contribution in [2.24, 2.45) is 5.92 Å². The van der Waals surface area contributed by atoms with Crippen LogP contribution >= 0.6 is 0 Å². The van der Waals surface area contributed by atoms with Gasteiger partial charge < -0.3 is 14.5 Å². The molecule has 0 bridgehead atoms. The Bertz CT molecular complexity index is 806. The van der Waals surface area contributed by atoms with Gasteiger partial charge >= 0.3 is 0 Å². The molecule has 0 radical (unpaired) electrons. The standard InChI is InChI=1S/C23H30N4O2/c1-29-21-11-14-24-23(25-21)26-16-12-18(13-17-26)20-10-6-3-7-15-27(20)22(28)19-8-4-2-5-9-19/h2,4-5,8-9,11,14,18,20H,3,6-7,10,12-13,15-17H2,1H3/t20-/m1/s1. The summed E-state index contributed by atoms with van der Waals surface area (Å²) in [5, 5.41) is 0. The molecular formula is C23H30N4O2. The molecule has 2 fully saturated rings. The van der Waals surface area contributed by atoms with E-state index in [4.69, 9.17) is 4.74 Å². The molecule has 0 unspecified atom stereocenters. The van der Waals surface area contributed by atoms with Gasteiger partial charge in [-0.3, -0.25) is 4.79 Å². The molecule has 29 heavy (non-hydrogen) atoms. The average molecular weight is 395 g/mol. The highest BCUT2D eigenvalue weighted by Gasteiger charge is 2.34. The third-order valence-corrected chi connectivity index (χ3v) is 6.27. The summed E-state index contributed by atoms with van der Waals surface area (Å²) in [6, 6.07) is 11.8. The van der Waals surface area contributed by atoms with Gasteiger partial charge in [-0.25, -0.2) is 4.98 Å². The molecule has 4 rings (SSSR count). The zero-order valence-electron chi connectivity index (χ0n) is 17.2. The minimum atomic E-state index is 0.191. The maximum atomic E-state index is 13.2. The number of anilines is 1. The van der Waals surface area contributed by atoms with Crippen molar-refractivity contribution in [2.75, 3.05) is 31.6 Å². The van der Waals surface area contributed by atoms with Gasteiger partial charge in [0.1, 0.15) is 0 Å². The van der Waals surface area contributed by atoms with Gasteiger partial charge in [0.25, 0.3) is 5.91 Å². The second kappa shape index (κ2) is 9.25. The summed E-state index contributed by atoms with van der Waals surface area (Å²) >= 11 is 0. The number of aromatic nitrogens is 2. The van der Waals surface area contributed by atoms with Crippen LogP contribution in [-0.4, -0.2) is 53.6 Å². The number of amides is 1. The number of rotatable bonds is 4. The van der Waals surface area contributed by atoms with Crippen LogP contribution in [0, 0.1) is 5.92 Å². The number of benzene rings is 1. The highest BCUT2D eigenvalue weighted by Crippen LogP contribution is 2.32. The van der Waals surface area contributed by atoms with E-state index >= 15 is 0 Å². The minimum absolute atomic E-state index is 0.191. The number of methoxy groups -OCH3 is 1. The molecule has 0 spiro atoms. The Morgan fingerprint density at radius 1 is 1.00 bits per heavy atom. The molecule has 0 saturated carbocycles. The quantitative estimate of drug-likeness (QED) is 0.790. The fraction of sp³-hybridized carbons (Fsp3) is 0.522. The normalized spacial score (nSPS) is 20.9. The second-order valence-corrected chi connectivity index (χ2v) is 8.00. The van der Waals surface area contributed by atoms with Crippen molar-refractivity contribution < 1.29 is 9.53 Å². The van der Waals surface area contributed by atoms with E-state index in [-0.39, 0.29) is 5.91 Å². The molecule has 0 N–H and O–H groups in total. The van der Waals surface area contributed by atoms with E-state index in [1.54, 1.807) is 19.4 Å². The number of carbonyl (C=O) groups excluding carboxylic acids is 1. The van der Waals surface area contributed by atoms with E-state index in [1.165, 1.54) is 12.8 Å². The highest BCUT2D eigenvalue weighted by molar-refractivity contribution is 5.94. The van der Waals surface area contributed by atoms with E-state index in [1.807, 2.05) is 30.3 Å². The summed E-state index contributed by atoms with van der Waals surface area (Å²) in [5.41, 5.74) is 0.807. The van der Waals surface area contributed by atoms with Crippen LogP contribution in [0.4, 0.5) is 5.95 Å². The van der Waals surface area contributed by atoms with Gasteiger partial charge in [0, 0.05) is 43.5 Å². The summed E-state index contributed by atoms with van der Waals surface area (Å²) in [5.74, 6) is 2.06. The van der Waals surface area contributed by atoms with Gasteiger partial charge in [0.2, 0.25) is 11.8 Å². The average Bonchev–Trinajstić information content (AvgIpc) is 3.05.